The van der Waals surface area contributed by atoms with Crippen molar-refractivity contribution in [3.05, 3.63) is 35.5 Å². The maximum absolute atomic E-state index is 11.6. The summed E-state index contributed by atoms with van der Waals surface area (Å²) in [4.78, 5) is 32.1. The molecule has 1 aromatic carbocycles. The summed E-state index contributed by atoms with van der Waals surface area (Å²) in [7, 11) is 0. The van der Waals surface area contributed by atoms with Gasteiger partial charge in [-0.05, 0) is 56.4 Å². The summed E-state index contributed by atoms with van der Waals surface area (Å²) < 4.78 is 0. The Kier molecular flexibility index (Phi) is 5.59. The number of anilines is 4. The maximum Gasteiger partial charge on any atom is 0.229 e. The molecule has 0 bridgehead atoms. The van der Waals surface area contributed by atoms with Crippen LogP contribution in [-0.2, 0) is 16.0 Å². The van der Waals surface area contributed by atoms with Crippen LogP contribution in [0.4, 0.5) is 23.1 Å². The van der Waals surface area contributed by atoms with Gasteiger partial charge in [-0.3, -0.25) is 9.59 Å². The third-order valence-electron chi connectivity index (χ3n) is 5.12. The molecule has 8 heteroatoms. The molecule has 1 aliphatic carbocycles. The number of benzene rings is 1. The molecular formula is C21H26N6O2. The van der Waals surface area contributed by atoms with Gasteiger partial charge in [0.05, 0.1) is 0 Å². The maximum atomic E-state index is 11.6. The summed E-state index contributed by atoms with van der Waals surface area (Å²) >= 11 is 0. The van der Waals surface area contributed by atoms with Crippen molar-refractivity contribution in [1.82, 2.24) is 15.3 Å². The van der Waals surface area contributed by atoms with Crippen LogP contribution in [-0.4, -0.2) is 34.9 Å². The average molecular weight is 394 g/mol. The van der Waals surface area contributed by atoms with Crippen LogP contribution >= 0.6 is 0 Å². The lowest BCUT2D eigenvalue weighted by Gasteiger charge is -2.18. The quantitative estimate of drug-likeness (QED) is 0.513. The second-order valence-corrected chi connectivity index (χ2v) is 7.62. The summed E-state index contributed by atoms with van der Waals surface area (Å²) in [6, 6.07) is 5.83. The molecular weight excluding hydrogens is 368 g/mol. The number of amides is 2. The van der Waals surface area contributed by atoms with Crippen LogP contribution in [0.3, 0.4) is 0 Å². The standard InChI is InChI=1S/C21H26N6O2/c1-13-12-24-21(25-16-6-7-17-15(11-16)5-8-18(28)26-17)27-19(13)22-9-2-10-23-20(29)14-3-4-14/h6-7,11-12,14H,2-5,8-10H2,1H3,(H,23,29)(H,26,28)(H2,22,24,25,27). The molecule has 1 saturated carbocycles. The Balaban J connectivity index is 1.32. The lowest BCUT2D eigenvalue weighted by Crippen LogP contribution is -2.27. The lowest BCUT2D eigenvalue weighted by molar-refractivity contribution is -0.122. The summed E-state index contributed by atoms with van der Waals surface area (Å²) in [5.41, 5.74) is 3.82. The highest BCUT2D eigenvalue weighted by molar-refractivity contribution is 5.94. The van der Waals surface area contributed by atoms with Gasteiger partial charge in [-0.25, -0.2) is 4.98 Å². The molecule has 2 amide bonds. The zero-order chi connectivity index (χ0) is 20.2. The molecule has 4 N–H and O–H groups in total. The molecule has 1 aliphatic heterocycles. The SMILES string of the molecule is Cc1cnc(Nc2ccc3c(c2)CCC(=O)N3)nc1NCCCNC(=O)C1CC1. The number of nitrogens with one attached hydrogen (secondary N) is 4. The Bertz CT molecular complexity index is 925. The second kappa shape index (κ2) is 8.46. The molecule has 2 aliphatic rings. The van der Waals surface area contributed by atoms with Crippen molar-refractivity contribution in [3.8, 4) is 0 Å². The van der Waals surface area contributed by atoms with Crippen LogP contribution in [0.5, 0.6) is 0 Å². The number of carbonyl (C=O) groups excluding carboxylic acids is 2. The Morgan fingerprint density at radius 3 is 2.93 bits per heavy atom. The van der Waals surface area contributed by atoms with E-state index in [0.29, 0.717) is 18.9 Å². The van der Waals surface area contributed by atoms with Crippen molar-refractivity contribution < 1.29 is 9.59 Å². The van der Waals surface area contributed by atoms with E-state index < -0.39 is 0 Å². The molecule has 0 atom stereocenters. The predicted molar refractivity (Wildman–Crippen MR) is 112 cm³/mol. The van der Waals surface area contributed by atoms with Gasteiger partial charge in [0.25, 0.3) is 0 Å². The number of hydrogen-bond acceptors (Lipinski definition) is 6. The van der Waals surface area contributed by atoms with Gasteiger partial charge < -0.3 is 21.3 Å². The van der Waals surface area contributed by atoms with E-state index in [1.54, 1.807) is 6.20 Å². The monoisotopic (exact) mass is 394 g/mol. The summed E-state index contributed by atoms with van der Waals surface area (Å²) in [5.74, 6) is 1.78. The molecule has 2 heterocycles. The minimum Gasteiger partial charge on any atom is -0.370 e. The van der Waals surface area contributed by atoms with Crippen molar-refractivity contribution in [2.45, 2.75) is 39.0 Å². The molecule has 1 fully saturated rings. The Morgan fingerprint density at radius 1 is 1.24 bits per heavy atom. The van der Waals surface area contributed by atoms with Crippen LogP contribution in [0.25, 0.3) is 0 Å². The molecule has 2 aromatic rings. The van der Waals surface area contributed by atoms with Crippen molar-refractivity contribution in [2.75, 3.05) is 29.0 Å². The topological polar surface area (TPSA) is 108 Å². The number of nitrogens with zero attached hydrogens (tertiary/aromatic N) is 2. The molecule has 0 saturated heterocycles. The van der Waals surface area contributed by atoms with E-state index in [-0.39, 0.29) is 17.7 Å². The largest absolute Gasteiger partial charge is 0.370 e. The van der Waals surface area contributed by atoms with Gasteiger partial charge in [0.2, 0.25) is 17.8 Å². The van der Waals surface area contributed by atoms with E-state index in [4.69, 9.17) is 0 Å². The fourth-order valence-corrected chi connectivity index (χ4v) is 3.27. The molecule has 1 aromatic heterocycles. The Morgan fingerprint density at radius 2 is 2.10 bits per heavy atom. The Hall–Kier alpha value is -3.16. The van der Waals surface area contributed by atoms with Crippen LogP contribution in [0.2, 0.25) is 0 Å². The first-order chi connectivity index (χ1) is 14.1. The average Bonchev–Trinajstić information content (AvgIpc) is 3.55. The highest BCUT2D eigenvalue weighted by Crippen LogP contribution is 2.29. The number of aromatic nitrogens is 2. The van der Waals surface area contributed by atoms with Crippen LogP contribution in [0.15, 0.2) is 24.4 Å². The zero-order valence-electron chi connectivity index (χ0n) is 16.5. The first-order valence-corrected chi connectivity index (χ1v) is 10.1. The highest BCUT2D eigenvalue weighted by Gasteiger charge is 2.28. The molecule has 29 heavy (non-hydrogen) atoms. The summed E-state index contributed by atoms with van der Waals surface area (Å²) in [5, 5.41) is 12.4. The predicted octanol–water partition coefficient (Wildman–Crippen LogP) is 2.74. The fourth-order valence-electron chi connectivity index (χ4n) is 3.27. The molecule has 0 spiro atoms. The number of hydrogen-bond donors (Lipinski definition) is 4. The fraction of sp³-hybridized carbons (Fsp3) is 0.429. The van der Waals surface area contributed by atoms with Crippen molar-refractivity contribution in [1.29, 1.82) is 0 Å². The van der Waals surface area contributed by atoms with E-state index in [2.05, 4.69) is 31.2 Å². The van der Waals surface area contributed by atoms with Gasteiger partial charge in [0.15, 0.2) is 0 Å². The van der Waals surface area contributed by atoms with Crippen molar-refractivity contribution in [2.24, 2.45) is 5.92 Å². The minimum absolute atomic E-state index is 0.0582. The van der Waals surface area contributed by atoms with Gasteiger partial charge in [0, 0.05) is 48.6 Å². The summed E-state index contributed by atoms with van der Waals surface area (Å²) in [6.45, 7) is 3.35. The zero-order valence-corrected chi connectivity index (χ0v) is 16.5. The molecule has 0 unspecified atom stereocenters. The van der Waals surface area contributed by atoms with E-state index >= 15 is 0 Å². The van der Waals surface area contributed by atoms with Crippen molar-refractivity contribution in [3.63, 3.8) is 0 Å². The smallest absolute Gasteiger partial charge is 0.229 e. The van der Waals surface area contributed by atoms with E-state index in [9.17, 15) is 9.59 Å². The van der Waals surface area contributed by atoms with Gasteiger partial charge in [-0.2, -0.15) is 4.98 Å². The number of carbonyl (C=O) groups is 2. The van der Waals surface area contributed by atoms with Crippen molar-refractivity contribution >= 4 is 35.0 Å². The second-order valence-electron chi connectivity index (χ2n) is 7.62. The van der Waals surface area contributed by atoms with Gasteiger partial charge in [0.1, 0.15) is 5.82 Å². The van der Waals surface area contributed by atoms with Gasteiger partial charge in [-0.1, -0.05) is 0 Å². The van der Waals surface area contributed by atoms with Crippen LogP contribution in [0, 0.1) is 12.8 Å². The van der Waals surface area contributed by atoms with Crippen LogP contribution in [0.1, 0.15) is 36.8 Å². The highest BCUT2D eigenvalue weighted by atomic mass is 16.2. The number of aryl methyl sites for hydroxylation is 2. The number of fused-ring (bicyclic) bond motifs is 1. The minimum atomic E-state index is 0.0582. The first kappa shape index (κ1) is 19.2. The van der Waals surface area contributed by atoms with Crippen LogP contribution < -0.4 is 21.3 Å². The van der Waals surface area contributed by atoms with Gasteiger partial charge >= 0.3 is 0 Å². The third-order valence-corrected chi connectivity index (χ3v) is 5.12. The third kappa shape index (κ3) is 5.01. The Labute approximate surface area is 169 Å². The molecule has 8 nitrogen and oxygen atoms in total. The lowest BCUT2D eigenvalue weighted by atomic mass is 10.0. The van der Waals surface area contributed by atoms with E-state index in [1.807, 2.05) is 25.1 Å². The van der Waals surface area contributed by atoms with E-state index in [0.717, 1.165) is 60.5 Å². The molecule has 152 valence electrons. The summed E-state index contributed by atoms with van der Waals surface area (Å²) in [6.07, 6.45) is 5.91. The van der Waals surface area contributed by atoms with Gasteiger partial charge in [-0.15, -0.1) is 0 Å². The molecule has 0 radical (unpaired) electrons. The van der Waals surface area contributed by atoms with E-state index in [1.165, 1.54) is 0 Å². The number of rotatable bonds is 8. The normalized spacial score (nSPS) is 15.3. The molecule has 4 rings (SSSR count). The first-order valence-electron chi connectivity index (χ1n) is 10.1.